The van der Waals surface area contributed by atoms with Crippen LogP contribution in [0.15, 0.2) is 24.3 Å². The predicted molar refractivity (Wildman–Crippen MR) is 98.6 cm³/mol. The zero-order valence-corrected chi connectivity index (χ0v) is 15.4. The highest BCUT2D eigenvalue weighted by molar-refractivity contribution is 5.92. The van der Waals surface area contributed by atoms with Crippen LogP contribution >= 0.6 is 0 Å². The molecule has 1 aromatic heterocycles. The van der Waals surface area contributed by atoms with Crippen molar-refractivity contribution in [1.29, 1.82) is 0 Å². The van der Waals surface area contributed by atoms with Crippen molar-refractivity contribution in [3.05, 3.63) is 35.7 Å². The van der Waals surface area contributed by atoms with E-state index in [0.717, 1.165) is 19.4 Å². The second-order valence-electron chi connectivity index (χ2n) is 6.32. The number of hydrogen-bond donors (Lipinski definition) is 1. The molecule has 1 saturated heterocycles. The molecule has 1 atom stereocenters. The summed E-state index contributed by atoms with van der Waals surface area (Å²) in [6, 6.07) is 6.94. The zero-order chi connectivity index (χ0) is 19.2. The molecule has 0 aliphatic carbocycles. The van der Waals surface area contributed by atoms with Crippen molar-refractivity contribution >= 4 is 17.9 Å². The number of esters is 1. The number of aromatic nitrogens is 3. The third kappa shape index (κ3) is 5.04. The highest BCUT2D eigenvalue weighted by Gasteiger charge is 2.19. The summed E-state index contributed by atoms with van der Waals surface area (Å²) in [5, 5.41) is 0. The van der Waals surface area contributed by atoms with Gasteiger partial charge in [-0.05, 0) is 25.0 Å². The van der Waals surface area contributed by atoms with Gasteiger partial charge < -0.3 is 24.8 Å². The largest absolute Gasteiger partial charge is 0.490 e. The second-order valence-corrected chi connectivity index (χ2v) is 6.32. The molecule has 0 saturated carbocycles. The van der Waals surface area contributed by atoms with Gasteiger partial charge in [0.1, 0.15) is 17.9 Å². The maximum atomic E-state index is 12.5. The Bertz CT molecular complexity index is 793. The van der Waals surface area contributed by atoms with Crippen molar-refractivity contribution in [2.24, 2.45) is 0 Å². The van der Waals surface area contributed by atoms with Crippen molar-refractivity contribution < 1.29 is 19.0 Å². The van der Waals surface area contributed by atoms with E-state index in [4.69, 9.17) is 19.9 Å². The van der Waals surface area contributed by atoms with Crippen molar-refractivity contribution in [3.8, 4) is 5.75 Å². The van der Waals surface area contributed by atoms with E-state index in [0.29, 0.717) is 23.9 Å². The minimum absolute atomic E-state index is 0.0618. The van der Waals surface area contributed by atoms with Crippen LogP contribution in [0.3, 0.4) is 0 Å². The quantitative estimate of drug-likeness (QED) is 0.720. The maximum absolute atomic E-state index is 12.5. The Hall–Kier alpha value is -2.94. The van der Waals surface area contributed by atoms with E-state index in [1.807, 2.05) is 0 Å². The molecule has 0 bridgehead atoms. The molecule has 2 heterocycles. The highest BCUT2D eigenvalue weighted by Crippen LogP contribution is 2.21. The van der Waals surface area contributed by atoms with Crippen LogP contribution in [-0.4, -0.2) is 54.3 Å². The summed E-state index contributed by atoms with van der Waals surface area (Å²) < 4.78 is 16.7. The number of ether oxygens (including phenoxy) is 3. The number of nitrogens with zero attached hydrogens (tertiary/aromatic N) is 4. The maximum Gasteiger partial charge on any atom is 0.342 e. The Kier molecular flexibility index (Phi) is 6.02. The van der Waals surface area contributed by atoms with Crippen LogP contribution < -0.4 is 15.4 Å². The lowest BCUT2D eigenvalue weighted by Gasteiger charge is -2.14. The van der Waals surface area contributed by atoms with Gasteiger partial charge in [0, 0.05) is 20.7 Å². The lowest BCUT2D eigenvalue weighted by Crippen LogP contribution is -2.18. The van der Waals surface area contributed by atoms with E-state index in [9.17, 15) is 4.79 Å². The fourth-order valence-corrected chi connectivity index (χ4v) is 2.62. The fourth-order valence-electron chi connectivity index (χ4n) is 2.62. The summed E-state index contributed by atoms with van der Waals surface area (Å²) in [6.45, 7) is 1.04. The van der Waals surface area contributed by atoms with E-state index in [-0.39, 0.29) is 24.5 Å². The molecule has 9 heteroatoms. The number of benzene rings is 1. The molecule has 1 aliphatic rings. The molecule has 144 valence electrons. The summed E-state index contributed by atoms with van der Waals surface area (Å²) >= 11 is 0. The molecule has 1 fully saturated rings. The number of hydrogen-bond acceptors (Lipinski definition) is 9. The predicted octanol–water partition coefficient (Wildman–Crippen LogP) is 1.43. The van der Waals surface area contributed by atoms with Crippen molar-refractivity contribution in [2.75, 3.05) is 37.9 Å². The molecule has 2 aromatic rings. The summed E-state index contributed by atoms with van der Waals surface area (Å²) in [5.74, 6) is 0.677. The van der Waals surface area contributed by atoms with E-state index in [2.05, 4.69) is 15.0 Å². The van der Waals surface area contributed by atoms with Crippen LogP contribution in [0.1, 0.15) is 29.0 Å². The first-order valence-electron chi connectivity index (χ1n) is 8.71. The fraction of sp³-hybridized carbons (Fsp3) is 0.444. The molecule has 0 unspecified atom stereocenters. The Morgan fingerprint density at radius 1 is 1.30 bits per heavy atom. The molecular formula is C18H23N5O4. The van der Waals surface area contributed by atoms with Crippen LogP contribution in [0.2, 0.25) is 0 Å². The van der Waals surface area contributed by atoms with Crippen molar-refractivity contribution in [2.45, 2.75) is 25.6 Å². The number of nitrogen functional groups attached to an aromatic ring is 1. The number of para-hydroxylation sites is 1. The summed E-state index contributed by atoms with van der Waals surface area (Å²) in [7, 11) is 3.57. The summed E-state index contributed by atoms with van der Waals surface area (Å²) in [6.07, 6.45) is 2.05. The summed E-state index contributed by atoms with van der Waals surface area (Å²) in [4.78, 5) is 26.4. The van der Waals surface area contributed by atoms with Gasteiger partial charge in [0.05, 0.1) is 6.10 Å². The van der Waals surface area contributed by atoms with Gasteiger partial charge >= 0.3 is 5.97 Å². The first kappa shape index (κ1) is 18.8. The minimum atomic E-state index is -0.525. The van der Waals surface area contributed by atoms with Gasteiger partial charge in [0.15, 0.2) is 12.4 Å². The molecule has 1 aliphatic heterocycles. The van der Waals surface area contributed by atoms with E-state index in [1.165, 1.54) is 0 Å². The third-order valence-electron chi connectivity index (χ3n) is 3.98. The summed E-state index contributed by atoms with van der Waals surface area (Å²) in [5.41, 5.74) is 6.02. The topological polar surface area (TPSA) is 113 Å². The van der Waals surface area contributed by atoms with E-state index in [1.54, 1.807) is 43.3 Å². The van der Waals surface area contributed by atoms with Gasteiger partial charge in [-0.3, -0.25) is 0 Å². The van der Waals surface area contributed by atoms with Gasteiger partial charge in [-0.25, -0.2) is 4.79 Å². The molecule has 0 spiro atoms. The normalized spacial score (nSPS) is 16.1. The molecule has 3 rings (SSSR count). The van der Waals surface area contributed by atoms with Gasteiger partial charge in [0.25, 0.3) is 0 Å². The first-order valence-corrected chi connectivity index (χ1v) is 8.71. The Balaban J connectivity index is 1.64. The van der Waals surface area contributed by atoms with Crippen molar-refractivity contribution in [1.82, 2.24) is 15.0 Å². The number of anilines is 2. The number of carbonyl (C=O) groups excluding carboxylic acids is 1. The van der Waals surface area contributed by atoms with Crippen LogP contribution in [0.25, 0.3) is 0 Å². The Labute approximate surface area is 157 Å². The van der Waals surface area contributed by atoms with Gasteiger partial charge in [-0.15, -0.1) is 0 Å². The third-order valence-corrected chi connectivity index (χ3v) is 3.98. The highest BCUT2D eigenvalue weighted by atomic mass is 16.5. The number of nitrogens with two attached hydrogens (primary N) is 1. The molecule has 0 amide bonds. The van der Waals surface area contributed by atoms with Crippen LogP contribution in [-0.2, 0) is 16.1 Å². The standard InChI is InChI=1S/C18H23N5O4/c1-23(2)18-21-15(20-17(19)22-18)11-27-16(24)13-7-3-4-8-14(13)26-10-12-6-5-9-25-12/h3-4,7-8,12H,5-6,9-11H2,1-2H3,(H2,19,20,21,22)/t12-/m1/s1. The molecule has 1 aromatic carbocycles. The molecule has 0 radical (unpaired) electrons. The van der Waals surface area contributed by atoms with E-state index < -0.39 is 5.97 Å². The van der Waals surface area contributed by atoms with Crippen LogP contribution in [0.5, 0.6) is 5.75 Å². The molecular weight excluding hydrogens is 350 g/mol. The molecule has 9 nitrogen and oxygen atoms in total. The number of carbonyl (C=O) groups is 1. The van der Waals surface area contributed by atoms with Crippen LogP contribution in [0.4, 0.5) is 11.9 Å². The second kappa shape index (κ2) is 8.63. The smallest absolute Gasteiger partial charge is 0.342 e. The van der Waals surface area contributed by atoms with Gasteiger partial charge in [-0.2, -0.15) is 15.0 Å². The van der Waals surface area contributed by atoms with Crippen molar-refractivity contribution in [3.63, 3.8) is 0 Å². The molecule has 2 N–H and O–H groups in total. The minimum Gasteiger partial charge on any atom is -0.490 e. The average Bonchev–Trinajstić information content (AvgIpc) is 3.18. The Morgan fingerprint density at radius 3 is 2.85 bits per heavy atom. The van der Waals surface area contributed by atoms with Gasteiger partial charge in [0.2, 0.25) is 11.9 Å². The lowest BCUT2D eigenvalue weighted by atomic mass is 10.2. The number of rotatable bonds is 7. The van der Waals surface area contributed by atoms with Crippen LogP contribution in [0, 0.1) is 0 Å². The lowest BCUT2D eigenvalue weighted by molar-refractivity contribution is 0.0445. The Morgan fingerprint density at radius 2 is 2.11 bits per heavy atom. The first-order chi connectivity index (χ1) is 13.0. The van der Waals surface area contributed by atoms with Gasteiger partial charge in [-0.1, -0.05) is 12.1 Å². The molecule has 27 heavy (non-hydrogen) atoms. The average molecular weight is 373 g/mol. The zero-order valence-electron chi connectivity index (χ0n) is 15.4. The van der Waals surface area contributed by atoms with E-state index >= 15 is 0 Å². The SMILES string of the molecule is CN(C)c1nc(N)nc(COC(=O)c2ccccc2OC[C@H]2CCCO2)n1. The monoisotopic (exact) mass is 373 g/mol.